The predicted octanol–water partition coefficient (Wildman–Crippen LogP) is 8.74. The number of anilines is 2. The third-order valence-electron chi connectivity index (χ3n) is 8.34. The molecule has 1 saturated heterocycles. The Hall–Kier alpha value is -5.32. The summed E-state index contributed by atoms with van der Waals surface area (Å²) in [5.74, 6) is -2.19. The number of benzene rings is 1. The number of rotatable bonds is 6. The zero-order valence-electron chi connectivity index (χ0n) is 35.6. The van der Waals surface area contributed by atoms with Crippen molar-refractivity contribution in [1.29, 1.82) is 0 Å². The number of ether oxygens (including phenoxy) is 6. The Morgan fingerprint density at radius 1 is 0.737 bits per heavy atom. The van der Waals surface area contributed by atoms with Crippen LogP contribution in [0.25, 0.3) is 11.2 Å². The van der Waals surface area contributed by atoms with Gasteiger partial charge in [0.15, 0.2) is 28.8 Å². The van der Waals surface area contributed by atoms with Gasteiger partial charge in [-0.1, -0.05) is 32.0 Å². The number of amides is 4. The van der Waals surface area contributed by atoms with Crippen molar-refractivity contribution in [3.63, 3.8) is 0 Å². The van der Waals surface area contributed by atoms with Gasteiger partial charge in [-0.25, -0.2) is 29.0 Å². The Morgan fingerprint density at radius 2 is 1.19 bits per heavy atom. The minimum Gasteiger partial charge on any atom is -0.451 e. The SMILES string of the molecule is CC[C@H]1O[C@@H](n2cnc3c(N(C(=O)OC(C)(C)C)C(=O)OC(C)(C)C)nc(N(C(=O)OC(C)(C)C)C(=O)OC(C)(C)C)nc32)[C@](C)(OC(=O)c2ccccc2)[C@@H]1C. The van der Waals surface area contributed by atoms with Gasteiger partial charge in [0, 0.05) is 5.92 Å². The highest BCUT2D eigenvalue weighted by Crippen LogP contribution is 2.48. The number of imidazole rings is 1. The van der Waals surface area contributed by atoms with Crippen molar-refractivity contribution in [2.75, 3.05) is 9.80 Å². The fraction of sp³-hybridized carbons (Fsp3) is 0.600. The van der Waals surface area contributed by atoms with E-state index in [-0.39, 0.29) is 11.2 Å². The molecule has 0 aliphatic carbocycles. The molecule has 4 rings (SSSR count). The number of hydrogen-bond donors (Lipinski definition) is 0. The second-order valence-electron chi connectivity index (χ2n) is 17.9. The van der Waals surface area contributed by atoms with Crippen LogP contribution in [0.5, 0.6) is 0 Å². The lowest BCUT2D eigenvalue weighted by atomic mass is 9.86. The zero-order chi connectivity index (χ0) is 43.1. The van der Waals surface area contributed by atoms with Gasteiger partial charge in [-0.05, 0) is 109 Å². The molecule has 3 heterocycles. The fourth-order valence-corrected chi connectivity index (χ4v) is 5.81. The molecule has 4 amide bonds. The molecule has 57 heavy (non-hydrogen) atoms. The summed E-state index contributed by atoms with van der Waals surface area (Å²) in [6.07, 6.45) is -4.59. The highest BCUT2D eigenvalue weighted by molar-refractivity contribution is 6.14. The van der Waals surface area contributed by atoms with E-state index in [4.69, 9.17) is 28.4 Å². The molecule has 312 valence electrons. The maximum Gasteiger partial charge on any atom is 0.427 e. The molecule has 0 spiro atoms. The quantitative estimate of drug-likeness (QED) is 0.170. The molecule has 1 aromatic carbocycles. The third kappa shape index (κ3) is 10.6. The summed E-state index contributed by atoms with van der Waals surface area (Å²) < 4.78 is 36.8. The smallest absolute Gasteiger partial charge is 0.427 e. The summed E-state index contributed by atoms with van der Waals surface area (Å²) in [7, 11) is 0. The third-order valence-corrected chi connectivity index (χ3v) is 8.34. The van der Waals surface area contributed by atoms with Crippen LogP contribution in [0.4, 0.5) is 30.9 Å². The predicted molar refractivity (Wildman–Crippen MR) is 209 cm³/mol. The van der Waals surface area contributed by atoms with Crippen molar-refractivity contribution < 1.29 is 52.4 Å². The summed E-state index contributed by atoms with van der Waals surface area (Å²) in [5, 5.41) is 0. The summed E-state index contributed by atoms with van der Waals surface area (Å²) >= 11 is 0. The first-order valence-electron chi connectivity index (χ1n) is 18.8. The maximum absolute atomic E-state index is 14.0. The van der Waals surface area contributed by atoms with Gasteiger partial charge in [0.05, 0.1) is 18.0 Å². The Bertz CT molecular complexity index is 1930. The minimum atomic E-state index is -1.38. The van der Waals surface area contributed by atoms with Gasteiger partial charge in [0.2, 0.25) is 5.95 Å². The van der Waals surface area contributed by atoms with Crippen LogP contribution in [0.2, 0.25) is 0 Å². The second kappa shape index (κ2) is 15.9. The molecule has 0 bridgehead atoms. The van der Waals surface area contributed by atoms with Crippen molar-refractivity contribution in [1.82, 2.24) is 19.5 Å². The number of fused-ring (bicyclic) bond motifs is 1. The first kappa shape index (κ1) is 44.4. The second-order valence-corrected chi connectivity index (χ2v) is 17.9. The van der Waals surface area contributed by atoms with E-state index in [0.29, 0.717) is 21.8 Å². The molecule has 3 aromatic rings. The van der Waals surface area contributed by atoms with Gasteiger partial charge in [0.1, 0.15) is 22.4 Å². The van der Waals surface area contributed by atoms with Gasteiger partial charge in [0.25, 0.3) is 0 Å². The molecule has 17 nitrogen and oxygen atoms in total. The highest BCUT2D eigenvalue weighted by Gasteiger charge is 2.55. The van der Waals surface area contributed by atoms with E-state index < -0.39 is 88.4 Å². The van der Waals surface area contributed by atoms with Gasteiger partial charge in [-0.15, -0.1) is 4.90 Å². The lowest BCUT2D eigenvalue weighted by Gasteiger charge is -2.34. The first-order chi connectivity index (χ1) is 26.0. The summed E-state index contributed by atoms with van der Waals surface area (Å²) in [6, 6.07) is 8.45. The molecule has 0 saturated carbocycles. The first-order valence-corrected chi connectivity index (χ1v) is 18.8. The molecule has 1 aliphatic heterocycles. The van der Waals surface area contributed by atoms with Gasteiger partial charge >= 0.3 is 30.3 Å². The lowest BCUT2D eigenvalue weighted by molar-refractivity contribution is -0.0948. The monoisotopic (exact) mass is 796 g/mol. The molecule has 0 N–H and O–H groups in total. The fourth-order valence-electron chi connectivity index (χ4n) is 5.81. The van der Waals surface area contributed by atoms with Crippen LogP contribution in [-0.4, -0.2) is 84.0 Å². The molecule has 17 heteroatoms. The average molecular weight is 797 g/mol. The van der Waals surface area contributed by atoms with Crippen LogP contribution in [0.3, 0.4) is 0 Å². The molecule has 0 unspecified atom stereocenters. The number of aromatic nitrogens is 4. The van der Waals surface area contributed by atoms with Gasteiger partial charge in [-0.2, -0.15) is 14.9 Å². The maximum atomic E-state index is 14.0. The van der Waals surface area contributed by atoms with Crippen LogP contribution >= 0.6 is 0 Å². The average Bonchev–Trinajstić information content (AvgIpc) is 3.55. The summed E-state index contributed by atoms with van der Waals surface area (Å²) in [5.41, 5.74) is -5.83. The van der Waals surface area contributed by atoms with E-state index in [2.05, 4.69) is 15.0 Å². The summed E-state index contributed by atoms with van der Waals surface area (Å²) in [4.78, 5) is 84.1. The van der Waals surface area contributed by atoms with Crippen LogP contribution in [0.1, 0.15) is 127 Å². The van der Waals surface area contributed by atoms with E-state index in [1.54, 1.807) is 120 Å². The highest BCUT2D eigenvalue weighted by atomic mass is 16.6. The number of imide groups is 2. The number of hydrogen-bond acceptors (Lipinski definition) is 14. The Morgan fingerprint density at radius 3 is 1.63 bits per heavy atom. The molecular formula is C40H56N6O11. The molecule has 1 fully saturated rings. The van der Waals surface area contributed by atoms with E-state index in [0.717, 1.165) is 0 Å². The lowest BCUT2D eigenvalue weighted by Crippen LogP contribution is -2.46. The van der Waals surface area contributed by atoms with Gasteiger partial charge in [-0.3, -0.25) is 4.57 Å². The van der Waals surface area contributed by atoms with E-state index >= 15 is 0 Å². The topological polar surface area (TPSA) is 191 Å². The molecule has 1 aliphatic rings. The summed E-state index contributed by atoms with van der Waals surface area (Å²) in [6.45, 7) is 24.7. The Kier molecular flexibility index (Phi) is 12.4. The Balaban J connectivity index is 2.09. The van der Waals surface area contributed by atoms with Crippen molar-refractivity contribution >= 4 is 53.3 Å². The number of esters is 1. The normalized spacial score (nSPS) is 20.1. The molecule has 4 atom stereocenters. The molecule has 0 radical (unpaired) electrons. The van der Waals surface area contributed by atoms with Gasteiger partial charge < -0.3 is 28.4 Å². The standard InChI is InChI=1S/C40H56N6O11/c1-16-25-23(2)40(15,53-29(47)24-20-18-17-19-21-24)30(52-25)44-22-41-26-27(44)42-31(46(34(50)56-38(9,10)11)35(51)57-39(12,13)14)43-28(26)45(32(48)54-36(3,4)5)33(49)55-37(6,7)8/h17-23,25,30H,16H2,1-15H3/t23-,25-,30-,40-/m1/s1. The zero-order valence-corrected chi connectivity index (χ0v) is 35.6. The van der Waals surface area contributed by atoms with Crippen LogP contribution in [0, 0.1) is 5.92 Å². The van der Waals surface area contributed by atoms with Crippen molar-refractivity contribution in [2.24, 2.45) is 5.92 Å². The number of carbonyl (C=O) groups excluding carboxylic acids is 5. The van der Waals surface area contributed by atoms with Crippen LogP contribution in [-0.2, 0) is 28.4 Å². The molecule has 2 aromatic heterocycles. The van der Waals surface area contributed by atoms with Crippen molar-refractivity contribution in [3.05, 3.63) is 42.2 Å². The van der Waals surface area contributed by atoms with Crippen molar-refractivity contribution in [3.8, 4) is 0 Å². The largest absolute Gasteiger partial charge is 0.451 e. The van der Waals surface area contributed by atoms with Crippen LogP contribution in [0.15, 0.2) is 36.7 Å². The number of nitrogens with zero attached hydrogens (tertiary/aromatic N) is 6. The Labute approximate surface area is 333 Å². The minimum absolute atomic E-state index is 0.139. The number of carbonyl (C=O) groups is 5. The van der Waals surface area contributed by atoms with E-state index in [9.17, 15) is 24.0 Å². The van der Waals surface area contributed by atoms with Crippen molar-refractivity contribution in [2.45, 2.75) is 151 Å². The van der Waals surface area contributed by atoms with E-state index in [1.807, 2.05) is 13.8 Å². The van der Waals surface area contributed by atoms with E-state index in [1.165, 1.54) is 10.9 Å². The molecular weight excluding hydrogens is 740 g/mol. The van der Waals surface area contributed by atoms with Crippen LogP contribution < -0.4 is 9.80 Å².